The van der Waals surface area contributed by atoms with Gasteiger partial charge in [0.15, 0.2) is 11.6 Å². The molecule has 0 aromatic carbocycles. The molecule has 1 atom stereocenters. The molecule has 8 nitrogen and oxygen atoms in total. The van der Waals surface area contributed by atoms with Crippen LogP contribution in [0, 0.1) is 12.3 Å². The number of nitrogens with zero attached hydrogens (tertiary/aromatic N) is 5. The minimum absolute atomic E-state index is 0.0554. The summed E-state index contributed by atoms with van der Waals surface area (Å²) in [5, 5.41) is 7.56. The third-order valence-corrected chi connectivity index (χ3v) is 5.83. The lowest BCUT2D eigenvalue weighted by Crippen LogP contribution is -2.36. The summed E-state index contributed by atoms with van der Waals surface area (Å²) >= 11 is 0. The van der Waals surface area contributed by atoms with E-state index in [9.17, 15) is 13.6 Å². The second-order valence-corrected chi connectivity index (χ2v) is 9.47. The molecule has 0 unspecified atom stereocenters. The van der Waals surface area contributed by atoms with Crippen molar-refractivity contribution in [3.63, 3.8) is 0 Å². The molecule has 10 heteroatoms. The van der Waals surface area contributed by atoms with Crippen LogP contribution < -0.4 is 5.32 Å². The van der Waals surface area contributed by atoms with Crippen LogP contribution in [-0.2, 0) is 11.8 Å². The first-order chi connectivity index (χ1) is 14.5. The Bertz CT molecular complexity index is 996. The molecule has 1 aliphatic heterocycles. The van der Waals surface area contributed by atoms with E-state index in [0.717, 1.165) is 17.5 Å². The van der Waals surface area contributed by atoms with Gasteiger partial charge < -0.3 is 15.0 Å². The van der Waals surface area contributed by atoms with Gasteiger partial charge in [-0.05, 0) is 52.7 Å². The normalized spacial score (nSPS) is 19.9. The van der Waals surface area contributed by atoms with Crippen molar-refractivity contribution in [1.29, 1.82) is 0 Å². The lowest BCUT2D eigenvalue weighted by atomic mass is 10.0. The highest BCUT2D eigenvalue weighted by molar-refractivity contribution is 5.69. The van der Waals surface area contributed by atoms with Crippen LogP contribution in [0.3, 0.4) is 0 Å². The molecule has 2 fully saturated rings. The number of anilines is 1. The molecule has 2 aromatic heterocycles. The zero-order valence-electron chi connectivity index (χ0n) is 18.4. The summed E-state index contributed by atoms with van der Waals surface area (Å²) in [6.07, 6.45) is -0.881. The maximum atomic E-state index is 13.0. The number of aryl methyl sites for hydroxylation is 2. The van der Waals surface area contributed by atoms with Crippen molar-refractivity contribution in [1.82, 2.24) is 24.6 Å². The van der Waals surface area contributed by atoms with Gasteiger partial charge in [0.05, 0.1) is 11.7 Å². The molecule has 1 saturated heterocycles. The number of carbonyl (C=O) groups excluding carboxylic acids is 1. The van der Waals surface area contributed by atoms with Gasteiger partial charge in [-0.25, -0.2) is 28.2 Å². The van der Waals surface area contributed by atoms with E-state index in [-0.39, 0.29) is 29.2 Å². The Morgan fingerprint density at radius 3 is 2.55 bits per heavy atom. The number of likely N-dealkylation sites (tertiary alicyclic amines) is 1. The number of halogens is 2. The second-order valence-electron chi connectivity index (χ2n) is 9.47. The van der Waals surface area contributed by atoms with Crippen molar-refractivity contribution in [3.8, 4) is 11.4 Å². The fourth-order valence-electron chi connectivity index (χ4n) is 4.06. The van der Waals surface area contributed by atoms with E-state index in [1.54, 1.807) is 24.0 Å². The van der Waals surface area contributed by atoms with Crippen molar-refractivity contribution in [3.05, 3.63) is 23.7 Å². The summed E-state index contributed by atoms with van der Waals surface area (Å²) in [5.41, 5.74) is 0.774. The molecule has 1 saturated carbocycles. The number of nitrogens with one attached hydrogen (secondary N) is 1. The molecule has 0 radical (unpaired) electrons. The highest BCUT2D eigenvalue weighted by Gasteiger charge is 2.56. The summed E-state index contributed by atoms with van der Waals surface area (Å²) in [5.74, 6) is 0.527. The number of rotatable bonds is 4. The van der Waals surface area contributed by atoms with Gasteiger partial charge in [0.2, 0.25) is 0 Å². The molecule has 2 aliphatic rings. The van der Waals surface area contributed by atoms with Crippen LogP contribution >= 0.6 is 0 Å². The summed E-state index contributed by atoms with van der Waals surface area (Å²) < 4.78 is 32.7. The van der Waals surface area contributed by atoms with Gasteiger partial charge in [0.25, 0.3) is 6.43 Å². The SMILES string of the molecule is Cc1nc(N[C@@H]2CN(C(=O)OC(C)(C)C)CC23CC3)ccc1-c1nc(C(F)F)n(C)n1. The van der Waals surface area contributed by atoms with Crippen LogP contribution in [0.15, 0.2) is 12.1 Å². The third-order valence-electron chi connectivity index (χ3n) is 5.83. The summed E-state index contributed by atoms with van der Waals surface area (Å²) in [4.78, 5) is 22.8. The molecule has 4 rings (SSSR count). The lowest BCUT2D eigenvalue weighted by molar-refractivity contribution is 0.0285. The molecular formula is C21H28F2N6O2. The van der Waals surface area contributed by atoms with Crippen molar-refractivity contribution in [2.75, 3.05) is 18.4 Å². The van der Waals surface area contributed by atoms with Crippen LogP contribution in [0.5, 0.6) is 0 Å². The van der Waals surface area contributed by atoms with E-state index < -0.39 is 12.0 Å². The van der Waals surface area contributed by atoms with Crippen molar-refractivity contribution >= 4 is 11.9 Å². The fraction of sp³-hybridized carbons (Fsp3) is 0.619. The molecule has 1 spiro atoms. The molecule has 1 amide bonds. The zero-order valence-corrected chi connectivity index (χ0v) is 18.4. The van der Waals surface area contributed by atoms with Crippen molar-refractivity contribution in [2.24, 2.45) is 12.5 Å². The van der Waals surface area contributed by atoms with E-state index in [4.69, 9.17) is 4.74 Å². The Balaban J connectivity index is 1.48. The number of pyridine rings is 1. The zero-order chi connectivity index (χ0) is 22.6. The van der Waals surface area contributed by atoms with Crippen LogP contribution in [0.25, 0.3) is 11.4 Å². The number of carbonyl (C=O) groups is 1. The van der Waals surface area contributed by atoms with Gasteiger partial charge in [0.1, 0.15) is 11.4 Å². The van der Waals surface area contributed by atoms with Crippen LogP contribution in [0.4, 0.5) is 19.4 Å². The van der Waals surface area contributed by atoms with Gasteiger partial charge in [-0.3, -0.25) is 0 Å². The van der Waals surface area contributed by atoms with Gasteiger partial charge >= 0.3 is 6.09 Å². The highest BCUT2D eigenvalue weighted by Crippen LogP contribution is 2.53. The summed E-state index contributed by atoms with van der Waals surface area (Å²) in [6.45, 7) is 8.60. The number of hydrogen-bond acceptors (Lipinski definition) is 6. The number of ether oxygens (including phenoxy) is 1. The first kappa shape index (κ1) is 21.5. The minimum Gasteiger partial charge on any atom is -0.444 e. The Morgan fingerprint density at radius 1 is 1.29 bits per heavy atom. The topological polar surface area (TPSA) is 85.2 Å². The third kappa shape index (κ3) is 4.33. The van der Waals surface area contributed by atoms with Crippen molar-refractivity contribution in [2.45, 2.75) is 58.6 Å². The van der Waals surface area contributed by atoms with Gasteiger partial charge in [0, 0.05) is 31.1 Å². The average Bonchev–Trinajstić information content (AvgIpc) is 3.19. The molecule has 168 valence electrons. The van der Waals surface area contributed by atoms with Gasteiger partial charge in [-0.2, -0.15) is 5.10 Å². The molecule has 1 N–H and O–H groups in total. The van der Waals surface area contributed by atoms with Crippen LogP contribution in [0.2, 0.25) is 0 Å². The minimum atomic E-state index is -2.69. The Kier molecular flexibility index (Phi) is 5.13. The quantitative estimate of drug-likeness (QED) is 0.785. The fourth-order valence-corrected chi connectivity index (χ4v) is 4.06. The molecular weight excluding hydrogens is 406 g/mol. The van der Waals surface area contributed by atoms with Gasteiger partial charge in [-0.15, -0.1) is 0 Å². The first-order valence-corrected chi connectivity index (χ1v) is 10.4. The lowest BCUT2D eigenvalue weighted by Gasteiger charge is -2.24. The number of amides is 1. The standard InChI is InChI=1S/C21H28F2N6O2/c1-12-13(17-26-18(16(22)23)28(5)27-17)6-7-15(24-12)25-14-10-29(11-21(14)8-9-21)19(30)31-20(2,3)4/h6-7,14,16H,8-11H2,1-5H3,(H,24,25)/t14-/m1/s1. The molecule has 2 aromatic rings. The maximum Gasteiger partial charge on any atom is 0.410 e. The number of alkyl halides is 2. The summed E-state index contributed by atoms with van der Waals surface area (Å²) in [7, 11) is 1.45. The summed E-state index contributed by atoms with van der Waals surface area (Å²) in [6, 6.07) is 3.67. The van der Waals surface area contributed by atoms with Crippen LogP contribution in [0.1, 0.15) is 51.6 Å². The van der Waals surface area contributed by atoms with E-state index in [1.165, 1.54) is 7.05 Å². The van der Waals surface area contributed by atoms with Crippen LogP contribution in [-0.4, -0.2) is 55.5 Å². The number of aromatic nitrogens is 4. The maximum absolute atomic E-state index is 13.0. The Hall–Kier alpha value is -2.78. The largest absolute Gasteiger partial charge is 0.444 e. The molecule has 31 heavy (non-hydrogen) atoms. The van der Waals surface area contributed by atoms with E-state index in [2.05, 4.69) is 20.4 Å². The predicted octanol–water partition coefficient (Wildman–Crippen LogP) is 3.93. The molecule has 3 heterocycles. The molecule has 0 bridgehead atoms. The van der Waals surface area contributed by atoms with Gasteiger partial charge in [-0.1, -0.05) is 0 Å². The Morgan fingerprint density at radius 2 is 2.00 bits per heavy atom. The monoisotopic (exact) mass is 434 g/mol. The van der Waals surface area contributed by atoms with E-state index >= 15 is 0 Å². The predicted molar refractivity (Wildman–Crippen MR) is 111 cm³/mol. The Labute approximate surface area is 180 Å². The van der Waals surface area contributed by atoms with E-state index in [0.29, 0.717) is 30.2 Å². The first-order valence-electron chi connectivity index (χ1n) is 10.4. The smallest absolute Gasteiger partial charge is 0.410 e. The van der Waals surface area contributed by atoms with E-state index in [1.807, 2.05) is 20.8 Å². The average molecular weight is 434 g/mol. The van der Waals surface area contributed by atoms with Crippen molar-refractivity contribution < 1.29 is 18.3 Å². The highest BCUT2D eigenvalue weighted by atomic mass is 19.3. The molecule has 1 aliphatic carbocycles. The second kappa shape index (κ2) is 7.42. The number of hydrogen-bond donors (Lipinski definition) is 1.